The zero-order valence-corrected chi connectivity index (χ0v) is 16.2. The fourth-order valence-electron chi connectivity index (χ4n) is 4.05. The molecule has 26 heavy (non-hydrogen) atoms. The fraction of sp³-hybridized carbons (Fsp3) is 0.650. The second-order valence-corrected chi connectivity index (χ2v) is 7.52. The molecule has 6 nitrogen and oxygen atoms in total. The first-order valence-corrected chi connectivity index (χ1v) is 9.50. The topological polar surface area (TPSA) is 54.0 Å². The van der Waals surface area contributed by atoms with E-state index >= 15 is 0 Å². The smallest absolute Gasteiger partial charge is 0.220 e. The van der Waals surface area contributed by atoms with Crippen molar-refractivity contribution >= 4 is 5.91 Å². The number of amides is 1. The number of carbonyl (C=O) groups is 1. The molecule has 0 aromatic heterocycles. The minimum atomic E-state index is 0.0962. The van der Waals surface area contributed by atoms with Gasteiger partial charge in [-0.05, 0) is 44.5 Å². The SMILES string of the molecule is COc1cc(C)ccc1OCCN1CCN(C)[C@@]2(CCNC(=O)CC2)C1. The van der Waals surface area contributed by atoms with Gasteiger partial charge in [0.1, 0.15) is 6.61 Å². The van der Waals surface area contributed by atoms with Crippen molar-refractivity contribution < 1.29 is 14.3 Å². The van der Waals surface area contributed by atoms with Crippen LogP contribution in [0.1, 0.15) is 24.8 Å². The highest BCUT2D eigenvalue weighted by atomic mass is 16.5. The van der Waals surface area contributed by atoms with Gasteiger partial charge in [-0.15, -0.1) is 0 Å². The van der Waals surface area contributed by atoms with Gasteiger partial charge in [-0.1, -0.05) is 6.07 Å². The summed E-state index contributed by atoms with van der Waals surface area (Å²) in [5.41, 5.74) is 1.26. The van der Waals surface area contributed by atoms with Crippen LogP contribution in [0.5, 0.6) is 11.5 Å². The van der Waals surface area contributed by atoms with Crippen molar-refractivity contribution in [2.24, 2.45) is 0 Å². The molecule has 1 N–H and O–H groups in total. The van der Waals surface area contributed by atoms with E-state index in [0.717, 1.165) is 62.6 Å². The summed E-state index contributed by atoms with van der Waals surface area (Å²) in [5.74, 6) is 1.77. The summed E-state index contributed by atoms with van der Waals surface area (Å²) in [6.07, 6.45) is 2.56. The third-order valence-electron chi connectivity index (χ3n) is 5.79. The molecule has 0 bridgehead atoms. The van der Waals surface area contributed by atoms with Gasteiger partial charge in [-0.2, -0.15) is 0 Å². The maximum atomic E-state index is 11.7. The summed E-state index contributed by atoms with van der Waals surface area (Å²) in [5, 5.41) is 3.01. The van der Waals surface area contributed by atoms with Crippen molar-refractivity contribution in [3.8, 4) is 11.5 Å². The Morgan fingerprint density at radius 3 is 2.88 bits per heavy atom. The number of piperazine rings is 1. The number of hydrogen-bond acceptors (Lipinski definition) is 5. The summed E-state index contributed by atoms with van der Waals surface area (Å²) in [6.45, 7) is 7.39. The molecule has 0 saturated carbocycles. The quantitative estimate of drug-likeness (QED) is 0.865. The van der Waals surface area contributed by atoms with E-state index in [1.54, 1.807) is 7.11 Å². The van der Waals surface area contributed by atoms with E-state index in [-0.39, 0.29) is 11.4 Å². The second-order valence-electron chi connectivity index (χ2n) is 7.52. The molecule has 2 aliphatic rings. The summed E-state index contributed by atoms with van der Waals surface area (Å²) >= 11 is 0. The number of likely N-dealkylation sites (N-methyl/N-ethyl adjacent to an activating group) is 1. The fourth-order valence-corrected chi connectivity index (χ4v) is 4.05. The Morgan fingerprint density at radius 1 is 1.23 bits per heavy atom. The minimum Gasteiger partial charge on any atom is -0.493 e. The molecule has 0 radical (unpaired) electrons. The Hall–Kier alpha value is -1.79. The molecule has 0 aliphatic carbocycles. The van der Waals surface area contributed by atoms with Crippen molar-refractivity contribution in [2.75, 3.05) is 53.5 Å². The molecule has 0 unspecified atom stereocenters. The lowest BCUT2D eigenvalue weighted by Gasteiger charge is -2.49. The van der Waals surface area contributed by atoms with Crippen molar-refractivity contribution in [2.45, 2.75) is 31.7 Å². The standard InChI is InChI=1S/C20H31N3O3/c1-16-4-5-17(18(14-16)25-3)26-13-12-23-11-10-22(2)20(15-23)7-6-19(24)21-9-8-20/h4-5,14H,6-13,15H2,1-3H3,(H,21,24)/t20-/m0/s1. The molecular formula is C20H31N3O3. The van der Waals surface area contributed by atoms with Crippen molar-refractivity contribution in [3.05, 3.63) is 23.8 Å². The third kappa shape index (κ3) is 4.30. The highest BCUT2D eigenvalue weighted by Crippen LogP contribution is 2.31. The Kier molecular flexibility index (Phi) is 6.04. The Morgan fingerprint density at radius 2 is 2.08 bits per heavy atom. The van der Waals surface area contributed by atoms with Gasteiger partial charge in [0.05, 0.1) is 7.11 Å². The van der Waals surface area contributed by atoms with Gasteiger partial charge in [-0.3, -0.25) is 14.6 Å². The summed E-state index contributed by atoms with van der Waals surface area (Å²) in [7, 11) is 3.87. The maximum absolute atomic E-state index is 11.7. The second kappa shape index (κ2) is 8.27. The molecule has 6 heteroatoms. The van der Waals surface area contributed by atoms with Crippen LogP contribution in [0.15, 0.2) is 18.2 Å². The number of nitrogens with one attached hydrogen (secondary N) is 1. The van der Waals surface area contributed by atoms with E-state index in [1.165, 1.54) is 0 Å². The Bertz CT molecular complexity index is 637. The maximum Gasteiger partial charge on any atom is 0.220 e. The highest BCUT2D eigenvalue weighted by Gasteiger charge is 2.40. The van der Waals surface area contributed by atoms with Crippen LogP contribution in [0.4, 0.5) is 0 Å². The summed E-state index contributed by atoms with van der Waals surface area (Å²) < 4.78 is 11.4. The number of ether oxygens (including phenoxy) is 2. The van der Waals surface area contributed by atoms with Crippen molar-refractivity contribution in [3.63, 3.8) is 0 Å². The van der Waals surface area contributed by atoms with E-state index in [0.29, 0.717) is 13.0 Å². The average molecular weight is 361 g/mol. The van der Waals surface area contributed by atoms with Crippen LogP contribution in [0.3, 0.4) is 0 Å². The normalized spacial score (nSPS) is 25.0. The van der Waals surface area contributed by atoms with Crippen LogP contribution in [0.2, 0.25) is 0 Å². The van der Waals surface area contributed by atoms with Gasteiger partial charge < -0.3 is 14.8 Å². The molecule has 1 spiro atoms. The highest BCUT2D eigenvalue weighted by molar-refractivity contribution is 5.76. The van der Waals surface area contributed by atoms with Crippen LogP contribution in [-0.4, -0.2) is 74.7 Å². The van der Waals surface area contributed by atoms with Gasteiger partial charge in [0.25, 0.3) is 0 Å². The van der Waals surface area contributed by atoms with E-state index < -0.39 is 0 Å². The monoisotopic (exact) mass is 361 g/mol. The van der Waals surface area contributed by atoms with Crippen LogP contribution >= 0.6 is 0 Å². The van der Waals surface area contributed by atoms with Crippen LogP contribution in [0, 0.1) is 6.92 Å². The van der Waals surface area contributed by atoms with E-state index in [1.807, 2.05) is 25.1 Å². The number of methoxy groups -OCH3 is 1. The summed E-state index contributed by atoms with van der Waals surface area (Å²) in [6, 6.07) is 6.01. The molecular weight excluding hydrogens is 330 g/mol. The molecule has 3 rings (SSSR count). The van der Waals surface area contributed by atoms with Crippen LogP contribution in [0.25, 0.3) is 0 Å². The Balaban J connectivity index is 1.56. The molecule has 1 amide bonds. The number of rotatable bonds is 5. The van der Waals surface area contributed by atoms with Crippen molar-refractivity contribution in [1.82, 2.24) is 15.1 Å². The predicted octanol–water partition coefficient (Wildman–Crippen LogP) is 1.67. The first kappa shape index (κ1) is 19.0. The van der Waals surface area contributed by atoms with Crippen LogP contribution in [-0.2, 0) is 4.79 Å². The van der Waals surface area contributed by atoms with Gasteiger partial charge in [0.2, 0.25) is 5.91 Å². The lowest BCUT2D eigenvalue weighted by molar-refractivity contribution is -0.121. The van der Waals surface area contributed by atoms with Gasteiger partial charge in [-0.25, -0.2) is 0 Å². The number of aryl methyl sites for hydroxylation is 1. The Labute approximate surface area is 156 Å². The first-order chi connectivity index (χ1) is 12.5. The third-order valence-corrected chi connectivity index (χ3v) is 5.79. The zero-order valence-electron chi connectivity index (χ0n) is 16.2. The van der Waals surface area contributed by atoms with Crippen molar-refractivity contribution in [1.29, 1.82) is 0 Å². The largest absolute Gasteiger partial charge is 0.493 e. The number of benzene rings is 1. The molecule has 2 saturated heterocycles. The van der Waals surface area contributed by atoms with Gasteiger partial charge >= 0.3 is 0 Å². The van der Waals surface area contributed by atoms with E-state index in [2.05, 4.69) is 22.2 Å². The average Bonchev–Trinajstić information content (AvgIpc) is 2.82. The number of carbonyl (C=O) groups excluding carboxylic acids is 1. The molecule has 2 heterocycles. The van der Waals surface area contributed by atoms with E-state index in [9.17, 15) is 4.79 Å². The van der Waals surface area contributed by atoms with Gasteiger partial charge in [0, 0.05) is 44.7 Å². The minimum absolute atomic E-state index is 0.0962. The molecule has 144 valence electrons. The first-order valence-electron chi connectivity index (χ1n) is 9.50. The zero-order chi connectivity index (χ0) is 18.6. The molecule has 2 fully saturated rings. The number of hydrogen-bond donors (Lipinski definition) is 1. The molecule has 1 atom stereocenters. The van der Waals surface area contributed by atoms with Gasteiger partial charge in [0.15, 0.2) is 11.5 Å². The molecule has 1 aromatic carbocycles. The molecule has 2 aliphatic heterocycles. The van der Waals surface area contributed by atoms with Crippen LogP contribution < -0.4 is 14.8 Å². The molecule has 1 aromatic rings. The number of nitrogens with zero attached hydrogens (tertiary/aromatic N) is 2. The summed E-state index contributed by atoms with van der Waals surface area (Å²) in [4.78, 5) is 16.7. The lowest BCUT2D eigenvalue weighted by Crippen LogP contribution is -2.61. The lowest BCUT2D eigenvalue weighted by atomic mass is 9.86. The predicted molar refractivity (Wildman–Crippen MR) is 102 cm³/mol. The van der Waals surface area contributed by atoms with E-state index in [4.69, 9.17) is 9.47 Å².